The summed E-state index contributed by atoms with van der Waals surface area (Å²) in [5.41, 5.74) is -1.83. The van der Waals surface area contributed by atoms with Gasteiger partial charge in [-0.3, -0.25) is 14.9 Å². The first-order valence-corrected chi connectivity index (χ1v) is 5.24. The number of nitro groups is 1. The summed E-state index contributed by atoms with van der Waals surface area (Å²) in [6, 6.07) is 0. The van der Waals surface area contributed by atoms with E-state index in [0.717, 1.165) is 13.0 Å². The highest BCUT2D eigenvalue weighted by Gasteiger charge is 2.55. The third-order valence-electron chi connectivity index (χ3n) is 2.75. The van der Waals surface area contributed by atoms with Crippen molar-refractivity contribution in [2.45, 2.75) is 18.6 Å². The fourth-order valence-electron chi connectivity index (χ4n) is 1.89. The molecule has 0 amide bonds. The van der Waals surface area contributed by atoms with Crippen LogP contribution in [-0.4, -0.2) is 28.8 Å². The molecule has 6 nitrogen and oxygen atoms in total. The lowest BCUT2D eigenvalue weighted by Gasteiger charge is -2.32. The maximum absolute atomic E-state index is 11.3. The smallest absolute Gasteiger partial charge is 0.303 e. The Morgan fingerprint density at radius 1 is 1.61 bits per heavy atom. The van der Waals surface area contributed by atoms with Gasteiger partial charge in [-0.25, -0.2) is 0 Å². The second-order valence-corrected chi connectivity index (χ2v) is 3.82. The predicted molar refractivity (Wildman–Crippen MR) is 63.3 cm³/mol. The van der Waals surface area contributed by atoms with Crippen LogP contribution in [0.15, 0.2) is 37.0 Å². The Bertz CT molecular complexity index is 440. The van der Waals surface area contributed by atoms with E-state index >= 15 is 0 Å². The van der Waals surface area contributed by atoms with Gasteiger partial charge in [-0.1, -0.05) is 24.8 Å². The highest BCUT2D eigenvalue weighted by atomic mass is 16.6. The minimum atomic E-state index is -1.83. The van der Waals surface area contributed by atoms with Gasteiger partial charge in [0, 0.05) is 11.8 Å². The Kier molecular flexibility index (Phi) is 4.14. The molecule has 0 aliphatic heterocycles. The van der Waals surface area contributed by atoms with E-state index in [0.29, 0.717) is 6.29 Å². The summed E-state index contributed by atoms with van der Waals surface area (Å²) in [5, 5.41) is 11.3. The van der Waals surface area contributed by atoms with Crippen LogP contribution in [0.1, 0.15) is 6.92 Å². The summed E-state index contributed by atoms with van der Waals surface area (Å²) in [4.78, 5) is 32.7. The van der Waals surface area contributed by atoms with E-state index in [9.17, 15) is 19.7 Å². The standard InChI is InChI=1S/C12H13NO5/c1-3-11(18-9(2)15)12(13(16)17)7-5-4-6-10(12)8-14/h3-8,10-11H,1H2,2H3. The average molecular weight is 251 g/mol. The van der Waals surface area contributed by atoms with Gasteiger partial charge in [0.1, 0.15) is 12.2 Å². The Morgan fingerprint density at radius 2 is 2.28 bits per heavy atom. The van der Waals surface area contributed by atoms with E-state index < -0.39 is 28.5 Å². The second kappa shape index (κ2) is 5.39. The van der Waals surface area contributed by atoms with Crippen LogP contribution in [0.3, 0.4) is 0 Å². The lowest BCUT2D eigenvalue weighted by Crippen LogP contribution is -2.55. The zero-order valence-electron chi connectivity index (χ0n) is 9.81. The van der Waals surface area contributed by atoms with Crippen molar-refractivity contribution in [1.29, 1.82) is 0 Å². The monoisotopic (exact) mass is 251 g/mol. The van der Waals surface area contributed by atoms with Gasteiger partial charge in [0.25, 0.3) is 5.54 Å². The summed E-state index contributed by atoms with van der Waals surface area (Å²) < 4.78 is 4.89. The van der Waals surface area contributed by atoms with E-state index in [4.69, 9.17) is 4.74 Å². The summed E-state index contributed by atoms with van der Waals surface area (Å²) in [7, 11) is 0. The first-order chi connectivity index (χ1) is 8.48. The molecule has 1 rings (SSSR count). The molecule has 0 radical (unpaired) electrons. The van der Waals surface area contributed by atoms with Crippen molar-refractivity contribution in [2.24, 2.45) is 5.92 Å². The number of hydrogen-bond acceptors (Lipinski definition) is 5. The molecule has 3 atom stereocenters. The van der Waals surface area contributed by atoms with Crippen LogP contribution >= 0.6 is 0 Å². The molecule has 1 aliphatic rings. The van der Waals surface area contributed by atoms with Crippen molar-refractivity contribution in [1.82, 2.24) is 0 Å². The zero-order valence-corrected chi connectivity index (χ0v) is 9.81. The molecule has 0 saturated carbocycles. The molecule has 0 aromatic heterocycles. The molecule has 0 N–H and O–H groups in total. The van der Waals surface area contributed by atoms with Crippen molar-refractivity contribution < 1.29 is 19.2 Å². The van der Waals surface area contributed by atoms with Crippen LogP contribution in [0.25, 0.3) is 0 Å². The fourth-order valence-corrected chi connectivity index (χ4v) is 1.89. The molecule has 0 saturated heterocycles. The fraction of sp³-hybridized carbons (Fsp3) is 0.333. The predicted octanol–water partition coefficient (Wildman–Crippen LogP) is 1.06. The number of carbonyl (C=O) groups is 2. The number of hydrogen-bond donors (Lipinski definition) is 0. The van der Waals surface area contributed by atoms with Crippen LogP contribution in [-0.2, 0) is 14.3 Å². The van der Waals surface area contributed by atoms with Crippen LogP contribution in [0.2, 0.25) is 0 Å². The van der Waals surface area contributed by atoms with Gasteiger partial charge in [-0.15, -0.1) is 0 Å². The van der Waals surface area contributed by atoms with Gasteiger partial charge in [0.2, 0.25) is 0 Å². The Labute approximate surface area is 104 Å². The third kappa shape index (κ3) is 2.22. The average Bonchev–Trinajstić information content (AvgIpc) is 2.35. The highest BCUT2D eigenvalue weighted by Crippen LogP contribution is 2.32. The highest BCUT2D eigenvalue weighted by molar-refractivity contribution is 5.67. The van der Waals surface area contributed by atoms with Gasteiger partial charge in [-0.05, 0) is 12.2 Å². The maximum Gasteiger partial charge on any atom is 0.303 e. The molecular formula is C12H13NO5. The van der Waals surface area contributed by atoms with Crippen molar-refractivity contribution in [3.63, 3.8) is 0 Å². The molecule has 0 aromatic carbocycles. The van der Waals surface area contributed by atoms with Crippen LogP contribution in [0.5, 0.6) is 0 Å². The molecule has 1 aliphatic carbocycles. The quantitative estimate of drug-likeness (QED) is 0.240. The zero-order chi connectivity index (χ0) is 13.8. The molecule has 0 fully saturated rings. The number of esters is 1. The number of rotatable bonds is 5. The maximum atomic E-state index is 11.3. The first kappa shape index (κ1) is 13.8. The molecule has 0 aromatic rings. The summed E-state index contributed by atoms with van der Waals surface area (Å²) in [6.07, 6.45) is 6.04. The lowest BCUT2D eigenvalue weighted by atomic mass is 9.77. The minimum Gasteiger partial charge on any atom is -0.450 e. The van der Waals surface area contributed by atoms with Gasteiger partial charge in [0.15, 0.2) is 6.10 Å². The van der Waals surface area contributed by atoms with E-state index in [1.807, 2.05) is 0 Å². The van der Waals surface area contributed by atoms with E-state index in [-0.39, 0.29) is 0 Å². The summed E-state index contributed by atoms with van der Waals surface area (Å²) in [5.74, 6) is -1.69. The number of aldehydes is 1. The van der Waals surface area contributed by atoms with Crippen LogP contribution in [0, 0.1) is 16.0 Å². The largest absolute Gasteiger partial charge is 0.450 e. The van der Waals surface area contributed by atoms with Crippen LogP contribution < -0.4 is 0 Å². The third-order valence-corrected chi connectivity index (χ3v) is 2.75. The molecular weight excluding hydrogens is 238 g/mol. The molecule has 18 heavy (non-hydrogen) atoms. The Balaban J connectivity index is 3.28. The number of allylic oxidation sites excluding steroid dienone is 2. The number of carbonyl (C=O) groups excluding carboxylic acids is 2. The molecule has 0 bridgehead atoms. The Hall–Kier alpha value is -2.24. The molecule has 0 heterocycles. The van der Waals surface area contributed by atoms with Crippen molar-refractivity contribution in [3.05, 3.63) is 47.1 Å². The van der Waals surface area contributed by atoms with E-state index in [2.05, 4.69) is 6.58 Å². The summed E-state index contributed by atoms with van der Waals surface area (Å²) in [6.45, 7) is 4.57. The normalized spacial score (nSPS) is 27.3. The first-order valence-electron chi connectivity index (χ1n) is 5.24. The molecule has 6 heteroatoms. The van der Waals surface area contributed by atoms with Crippen molar-refractivity contribution >= 4 is 12.3 Å². The number of ether oxygens (including phenoxy) is 1. The second-order valence-electron chi connectivity index (χ2n) is 3.82. The molecule has 3 unspecified atom stereocenters. The summed E-state index contributed by atoms with van der Waals surface area (Å²) >= 11 is 0. The molecule has 96 valence electrons. The topological polar surface area (TPSA) is 86.5 Å². The molecule has 0 spiro atoms. The van der Waals surface area contributed by atoms with Crippen molar-refractivity contribution in [3.8, 4) is 0 Å². The Morgan fingerprint density at radius 3 is 2.72 bits per heavy atom. The lowest BCUT2D eigenvalue weighted by molar-refractivity contribution is -0.569. The van der Waals surface area contributed by atoms with E-state index in [1.165, 1.54) is 24.3 Å². The minimum absolute atomic E-state index is 0.461. The van der Waals surface area contributed by atoms with Gasteiger partial charge >= 0.3 is 5.97 Å². The van der Waals surface area contributed by atoms with Gasteiger partial charge in [-0.2, -0.15) is 0 Å². The van der Waals surface area contributed by atoms with Gasteiger partial charge in [0.05, 0.1) is 0 Å². The van der Waals surface area contributed by atoms with Crippen molar-refractivity contribution in [2.75, 3.05) is 0 Å². The van der Waals surface area contributed by atoms with Gasteiger partial charge < -0.3 is 9.53 Å². The SMILES string of the molecule is C=CC(OC(C)=O)C1([N+](=O)[O-])C=CC=CC1C=O. The van der Waals surface area contributed by atoms with Crippen LogP contribution in [0.4, 0.5) is 0 Å². The number of nitrogens with zero attached hydrogens (tertiary/aromatic N) is 1. The van der Waals surface area contributed by atoms with E-state index in [1.54, 1.807) is 0 Å².